The quantitative estimate of drug-likeness (QED) is 0.714. The first kappa shape index (κ1) is 21.9. The van der Waals surface area contributed by atoms with Gasteiger partial charge in [0.15, 0.2) is 0 Å². The van der Waals surface area contributed by atoms with Crippen LogP contribution in [-0.2, 0) is 4.74 Å². The number of benzene rings is 1. The van der Waals surface area contributed by atoms with Gasteiger partial charge in [0, 0.05) is 25.0 Å². The highest BCUT2D eigenvalue weighted by molar-refractivity contribution is 5.75. The van der Waals surface area contributed by atoms with Crippen molar-refractivity contribution in [2.24, 2.45) is 0 Å². The van der Waals surface area contributed by atoms with E-state index in [0.717, 1.165) is 62.2 Å². The van der Waals surface area contributed by atoms with Crippen molar-refractivity contribution in [1.29, 1.82) is 0 Å². The number of fused-ring (bicyclic) bond motifs is 2. The lowest BCUT2D eigenvalue weighted by atomic mass is 9.89. The van der Waals surface area contributed by atoms with Gasteiger partial charge in [-0.05, 0) is 69.0 Å². The molecule has 1 atom stereocenters. The van der Waals surface area contributed by atoms with Gasteiger partial charge in [0.05, 0.1) is 24.5 Å². The van der Waals surface area contributed by atoms with Crippen LogP contribution in [0.15, 0.2) is 24.4 Å². The maximum atomic E-state index is 6.52. The van der Waals surface area contributed by atoms with Gasteiger partial charge in [0.1, 0.15) is 17.7 Å². The minimum absolute atomic E-state index is 0.0753. The molecule has 3 aliphatic rings. The number of anilines is 3. The number of morpholine rings is 1. The van der Waals surface area contributed by atoms with Gasteiger partial charge in [0.25, 0.3) is 0 Å². The summed E-state index contributed by atoms with van der Waals surface area (Å²) in [6.45, 7) is 13.8. The van der Waals surface area contributed by atoms with E-state index in [1.165, 1.54) is 29.7 Å². The Morgan fingerprint density at radius 1 is 1.10 bits per heavy atom. The summed E-state index contributed by atoms with van der Waals surface area (Å²) in [7, 11) is 0. The lowest BCUT2D eigenvalue weighted by molar-refractivity contribution is 0.122. The largest absolute Gasteiger partial charge is 0.483 e. The zero-order valence-corrected chi connectivity index (χ0v) is 19.3. The average Bonchev–Trinajstić information content (AvgIpc) is 2.97. The Morgan fingerprint density at radius 2 is 1.84 bits per heavy atom. The molecule has 2 aromatic rings. The summed E-state index contributed by atoms with van der Waals surface area (Å²) in [5.74, 6) is 2.46. The van der Waals surface area contributed by atoms with Crippen LogP contribution in [0.3, 0.4) is 0 Å². The van der Waals surface area contributed by atoms with Crippen molar-refractivity contribution in [2.45, 2.75) is 52.6 Å². The van der Waals surface area contributed by atoms with E-state index in [4.69, 9.17) is 14.5 Å². The van der Waals surface area contributed by atoms with E-state index in [-0.39, 0.29) is 6.10 Å². The maximum Gasteiger partial charge on any atom is 0.146 e. The second-order valence-corrected chi connectivity index (χ2v) is 8.32. The van der Waals surface area contributed by atoms with E-state index >= 15 is 0 Å². The number of hydrogen-bond acceptors (Lipinski definition) is 6. The predicted molar refractivity (Wildman–Crippen MR) is 127 cm³/mol. The first-order chi connectivity index (χ1) is 15.2. The number of nitrogens with zero attached hydrogens (tertiary/aromatic N) is 2. The lowest BCUT2D eigenvalue weighted by Gasteiger charge is -2.31. The van der Waals surface area contributed by atoms with Crippen LogP contribution in [-0.4, -0.2) is 44.4 Å². The number of pyridine rings is 1. The van der Waals surface area contributed by atoms with E-state index in [9.17, 15) is 0 Å². The predicted octanol–water partition coefficient (Wildman–Crippen LogP) is 4.92. The van der Waals surface area contributed by atoms with Crippen molar-refractivity contribution in [3.05, 3.63) is 41.1 Å². The molecule has 0 aliphatic carbocycles. The van der Waals surface area contributed by atoms with Crippen LogP contribution in [0.5, 0.6) is 5.75 Å². The molecule has 168 valence electrons. The molecule has 6 nitrogen and oxygen atoms in total. The van der Waals surface area contributed by atoms with Crippen LogP contribution in [0.4, 0.5) is 17.2 Å². The highest BCUT2D eigenvalue weighted by atomic mass is 16.5. The fraction of sp³-hybridized carbons (Fsp3) is 0.560. The van der Waals surface area contributed by atoms with E-state index in [2.05, 4.69) is 47.6 Å². The average molecular weight is 425 g/mol. The lowest BCUT2D eigenvalue weighted by Crippen LogP contribution is -2.37. The van der Waals surface area contributed by atoms with E-state index in [1.54, 1.807) is 0 Å². The minimum atomic E-state index is -0.0753. The Balaban J connectivity index is 0.00000112. The third-order valence-electron chi connectivity index (χ3n) is 6.38. The second-order valence-electron chi connectivity index (χ2n) is 8.32. The van der Waals surface area contributed by atoms with Gasteiger partial charge in [-0.1, -0.05) is 19.9 Å². The van der Waals surface area contributed by atoms with Crippen molar-refractivity contribution in [3.63, 3.8) is 0 Å². The zero-order valence-electron chi connectivity index (χ0n) is 19.3. The molecule has 1 aromatic carbocycles. The fourth-order valence-electron chi connectivity index (χ4n) is 4.85. The minimum Gasteiger partial charge on any atom is -0.483 e. The number of nitrogens with one attached hydrogen (secondary N) is 2. The van der Waals surface area contributed by atoms with Crippen molar-refractivity contribution in [2.75, 3.05) is 49.6 Å². The normalized spacial score (nSPS) is 20.9. The number of aromatic nitrogens is 1. The van der Waals surface area contributed by atoms with Crippen LogP contribution < -0.4 is 20.3 Å². The van der Waals surface area contributed by atoms with Gasteiger partial charge in [0.2, 0.25) is 0 Å². The third-order valence-corrected chi connectivity index (χ3v) is 6.38. The van der Waals surface area contributed by atoms with Gasteiger partial charge in [-0.3, -0.25) is 0 Å². The molecule has 6 heteroatoms. The highest BCUT2D eigenvalue weighted by Crippen LogP contribution is 2.45. The molecule has 1 unspecified atom stereocenters. The molecular weight excluding hydrogens is 388 g/mol. The summed E-state index contributed by atoms with van der Waals surface area (Å²) in [5.41, 5.74) is 5.96. The molecule has 3 aliphatic heterocycles. The molecule has 0 amide bonds. The van der Waals surface area contributed by atoms with Crippen LogP contribution in [0.2, 0.25) is 0 Å². The molecule has 0 radical (unpaired) electrons. The first-order valence-corrected chi connectivity index (χ1v) is 11.8. The van der Waals surface area contributed by atoms with Gasteiger partial charge in [-0.15, -0.1) is 0 Å². The number of rotatable bonds is 2. The van der Waals surface area contributed by atoms with E-state index in [0.29, 0.717) is 5.92 Å². The van der Waals surface area contributed by atoms with Gasteiger partial charge >= 0.3 is 0 Å². The Hall–Kier alpha value is -2.31. The van der Waals surface area contributed by atoms with E-state index in [1.807, 2.05) is 20.0 Å². The Morgan fingerprint density at radius 3 is 2.58 bits per heavy atom. The summed E-state index contributed by atoms with van der Waals surface area (Å²) < 4.78 is 12.1. The monoisotopic (exact) mass is 424 g/mol. The van der Waals surface area contributed by atoms with Crippen LogP contribution >= 0.6 is 0 Å². The molecule has 0 saturated carbocycles. The molecule has 0 bridgehead atoms. The van der Waals surface area contributed by atoms with Crippen LogP contribution in [0, 0.1) is 6.92 Å². The van der Waals surface area contributed by atoms with Crippen molar-refractivity contribution >= 4 is 17.2 Å². The maximum absolute atomic E-state index is 6.52. The molecule has 2 saturated heterocycles. The summed E-state index contributed by atoms with van der Waals surface area (Å²) in [6, 6.07) is 6.70. The van der Waals surface area contributed by atoms with E-state index < -0.39 is 0 Å². The fourth-order valence-corrected chi connectivity index (χ4v) is 4.85. The van der Waals surface area contributed by atoms with Gasteiger partial charge < -0.3 is 25.0 Å². The van der Waals surface area contributed by atoms with Crippen LogP contribution in [0.25, 0.3) is 0 Å². The van der Waals surface area contributed by atoms with Gasteiger partial charge in [-0.2, -0.15) is 0 Å². The molecular formula is C25H36N4O2. The summed E-state index contributed by atoms with van der Waals surface area (Å²) in [5, 5.41) is 7.09. The molecule has 0 spiro atoms. The number of ether oxygens (including phenoxy) is 2. The number of hydrogen-bond donors (Lipinski definition) is 2. The number of piperidine rings is 1. The summed E-state index contributed by atoms with van der Waals surface area (Å²) in [6.07, 6.45) is 4.20. The van der Waals surface area contributed by atoms with Crippen molar-refractivity contribution < 1.29 is 9.47 Å². The Bertz CT molecular complexity index is 889. The molecule has 2 fully saturated rings. The molecule has 1 aromatic heterocycles. The first-order valence-electron chi connectivity index (χ1n) is 11.8. The second kappa shape index (κ2) is 9.88. The SMILES string of the molecule is CC.Cc1cc(C2CCNCC2)cc2c1OC(C)c1c(N3CCOCC3)ccnc1N2. The van der Waals surface area contributed by atoms with Gasteiger partial charge in [-0.25, -0.2) is 4.98 Å². The molecule has 5 rings (SSSR count). The summed E-state index contributed by atoms with van der Waals surface area (Å²) >= 11 is 0. The highest BCUT2D eigenvalue weighted by Gasteiger charge is 2.28. The molecule has 31 heavy (non-hydrogen) atoms. The smallest absolute Gasteiger partial charge is 0.146 e. The van der Waals surface area contributed by atoms with Crippen LogP contribution in [0.1, 0.15) is 62.3 Å². The molecule has 4 heterocycles. The molecule has 2 N–H and O–H groups in total. The third kappa shape index (κ3) is 4.51. The zero-order chi connectivity index (χ0) is 21.8. The summed E-state index contributed by atoms with van der Waals surface area (Å²) in [4.78, 5) is 7.08. The standard InChI is InChI=1S/C23H30N4O2.C2H6/c1-15-13-18(17-3-6-24-7-4-17)14-19-22(15)29-16(2)21-20(5-8-25-23(21)26-19)27-9-11-28-12-10-27;1-2/h5,8,13-14,16-17,24H,3-4,6-7,9-12H2,1-2H3,(H,25,26);1-2H3. The van der Waals surface area contributed by atoms with Crippen molar-refractivity contribution in [1.82, 2.24) is 10.3 Å². The Kier molecular flexibility index (Phi) is 6.98. The number of aryl methyl sites for hydroxylation is 1. The van der Waals surface area contributed by atoms with Crippen molar-refractivity contribution in [3.8, 4) is 5.75 Å². The topological polar surface area (TPSA) is 58.7 Å². The Labute approximate surface area is 186 Å².